The summed E-state index contributed by atoms with van der Waals surface area (Å²) in [5.74, 6) is 0.912. The molecular weight excluding hydrogens is 270 g/mol. The molecule has 0 fully saturated rings. The van der Waals surface area contributed by atoms with Gasteiger partial charge in [-0.25, -0.2) is 4.98 Å². The second-order valence-electron chi connectivity index (χ2n) is 5.05. The number of anilines is 1. The number of halogens is 1. The number of pyridine rings is 1. The quantitative estimate of drug-likeness (QED) is 0.926. The molecule has 4 heteroatoms. The van der Waals surface area contributed by atoms with E-state index in [0.29, 0.717) is 0 Å². The maximum absolute atomic E-state index is 6.07. The van der Waals surface area contributed by atoms with Gasteiger partial charge >= 0.3 is 0 Å². The Morgan fingerprint density at radius 3 is 2.60 bits per heavy atom. The summed E-state index contributed by atoms with van der Waals surface area (Å²) >= 11 is 6.07. The molecule has 3 nitrogen and oxygen atoms in total. The molecule has 0 saturated heterocycles. The van der Waals surface area contributed by atoms with Gasteiger partial charge in [0.2, 0.25) is 0 Å². The van der Waals surface area contributed by atoms with E-state index in [1.807, 2.05) is 44.3 Å². The molecule has 0 amide bonds. The number of hydrogen-bond acceptors (Lipinski definition) is 3. The van der Waals surface area contributed by atoms with E-state index in [1.54, 1.807) is 6.20 Å². The van der Waals surface area contributed by atoms with Crippen molar-refractivity contribution in [2.75, 3.05) is 11.9 Å². The Hall–Kier alpha value is -1.58. The predicted octanol–water partition coefficient (Wildman–Crippen LogP) is 3.95. The zero-order chi connectivity index (χ0) is 14.7. The van der Waals surface area contributed by atoms with Gasteiger partial charge in [-0.05, 0) is 37.6 Å². The van der Waals surface area contributed by atoms with Gasteiger partial charge in [-0.1, -0.05) is 29.8 Å². The number of aromatic nitrogens is 1. The Morgan fingerprint density at radius 2 is 1.95 bits per heavy atom. The lowest BCUT2D eigenvalue weighted by atomic mass is 10.1. The highest BCUT2D eigenvalue weighted by molar-refractivity contribution is 6.30. The van der Waals surface area contributed by atoms with Crippen molar-refractivity contribution >= 4 is 17.4 Å². The highest BCUT2D eigenvalue weighted by Gasteiger charge is 2.18. The van der Waals surface area contributed by atoms with Crippen LogP contribution in [0.15, 0.2) is 42.6 Å². The van der Waals surface area contributed by atoms with Crippen molar-refractivity contribution in [3.63, 3.8) is 0 Å². The maximum Gasteiger partial charge on any atom is 0.133 e. The average molecular weight is 290 g/mol. The first kappa shape index (κ1) is 14.8. The predicted molar refractivity (Wildman–Crippen MR) is 85.1 cm³/mol. The third kappa shape index (κ3) is 3.11. The summed E-state index contributed by atoms with van der Waals surface area (Å²) in [6, 6.07) is 12.0. The van der Waals surface area contributed by atoms with E-state index in [4.69, 9.17) is 17.3 Å². The summed E-state index contributed by atoms with van der Waals surface area (Å²) in [6.45, 7) is 4.10. The second-order valence-corrected chi connectivity index (χ2v) is 5.48. The molecule has 0 saturated carbocycles. The molecular formula is C16H20ClN3. The van der Waals surface area contributed by atoms with Crippen LogP contribution in [0.4, 0.5) is 5.82 Å². The standard InChI is InChI=1S/C16H20ClN3/c1-11(18)15-8-5-9-19-16(15)20(3)12(2)13-6-4-7-14(17)10-13/h4-12H,18H2,1-3H3/t11-,12?/m1/s1. The van der Waals surface area contributed by atoms with Crippen molar-refractivity contribution in [2.24, 2.45) is 5.73 Å². The molecule has 2 rings (SSSR count). The minimum atomic E-state index is -0.0484. The largest absolute Gasteiger partial charge is 0.353 e. The van der Waals surface area contributed by atoms with Crippen LogP contribution >= 0.6 is 11.6 Å². The van der Waals surface area contributed by atoms with Crippen molar-refractivity contribution < 1.29 is 0 Å². The Morgan fingerprint density at radius 1 is 1.20 bits per heavy atom. The fourth-order valence-electron chi connectivity index (χ4n) is 2.23. The van der Waals surface area contributed by atoms with E-state index < -0.39 is 0 Å². The summed E-state index contributed by atoms with van der Waals surface area (Å²) in [5.41, 5.74) is 8.23. The van der Waals surface area contributed by atoms with Gasteiger partial charge in [0, 0.05) is 29.9 Å². The minimum absolute atomic E-state index is 0.0484. The molecule has 1 unspecified atom stereocenters. The van der Waals surface area contributed by atoms with E-state index in [-0.39, 0.29) is 12.1 Å². The molecule has 0 bridgehead atoms. The Kier molecular flexibility index (Phi) is 4.63. The van der Waals surface area contributed by atoms with Crippen molar-refractivity contribution in [3.8, 4) is 0 Å². The molecule has 106 valence electrons. The van der Waals surface area contributed by atoms with E-state index in [2.05, 4.69) is 22.9 Å². The normalized spacial score (nSPS) is 13.8. The van der Waals surface area contributed by atoms with Crippen LogP contribution in [-0.2, 0) is 0 Å². The third-order valence-electron chi connectivity index (χ3n) is 3.55. The SMILES string of the molecule is CC(c1cccc(Cl)c1)N(C)c1ncccc1[C@@H](C)N. The molecule has 0 aliphatic rings. The molecule has 2 atom stereocenters. The van der Waals surface area contributed by atoms with Crippen LogP contribution in [-0.4, -0.2) is 12.0 Å². The molecule has 20 heavy (non-hydrogen) atoms. The van der Waals surface area contributed by atoms with Crippen molar-refractivity contribution in [1.82, 2.24) is 4.98 Å². The van der Waals surface area contributed by atoms with Gasteiger partial charge < -0.3 is 10.6 Å². The molecule has 2 aromatic rings. The lowest BCUT2D eigenvalue weighted by Crippen LogP contribution is -2.25. The van der Waals surface area contributed by atoms with Crippen molar-refractivity contribution in [3.05, 3.63) is 58.7 Å². The van der Waals surface area contributed by atoms with Crippen LogP contribution in [0.25, 0.3) is 0 Å². The molecule has 0 spiro atoms. The fourth-order valence-corrected chi connectivity index (χ4v) is 2.43. The molecule has 2 N–H and O–H groups in total. The fraction of sp³-hybridized carbons (Fsp3) is 0.312. The number of hydrogen-bond donors (Lipinski definition) is 1. The van der Waals surface area contributed by atoms with E-state index in [9.17, 15) is 0 Å². The zero-order valence-corrected chi connectivity index (χ0v) is 12.8. The van der Waals surface area contributed by atoms with E-state index >= 15 is 0 Å². The molecule has 0 radical (unpaired) electrons. The van der Waals surface area contributed by atoms with Crippen molar-refractivity contribution in [2.45, 2.75) is 25.9 Å². The number of nitrogens with two attached hydrogens (primary N) is 1. The van der Waals surface area contributed by atoms with Crippen LogP contribution < -0.4 is 10.6 Å². The Balaban J connectivity index is 2.34. The van der Waals surface area contributed by atoms with Gasteiger partial charge in [-0.2, -0.15) is 0 Å². The molecule has 1 heterocycles. The molecule has 0 aliphatic heterocycles. The first-order valence-corrected chi connectivity index (χ1v) is 7.07. The lowest BCUT2D eigenvalue weighted by Gasteiger charge is -2.29. The smallest absolute Gasteiger partial charge is 0.133 e. The van der Waals surface area contributed by atoms with Crippen LogP contribution in [0, 0.1) is 0 Å². The van der Waals surface area contributed by atoms with Crippen molar-refractivity contribution in [1.29, 1.82) is 0 Å². The lowest BCUT2D eigenvalue weighted by molar-refractivity contribution is 0.709. The van der Waals surface area contributed by atoms with Gasteiger partial charge in [0.15, 0.2) is 0 Å². The highest BCUT2D eigenvalue weighted by atomic mass is 35.5. The topological polar surface area (TPSA) is 42.2 Å². The zero-order valence-electron chi connectivity index (χ0n) is 12.0. The third-order valence-corrected chi connectivity index (χ3v) is 3.79. The average Bonchev–Trinajstić information content (AvgIpc) is 2.45. The second kappa shape index (κ2) is 6.25. The monoisotopic (exact) mass is 289 g/mol. The molecule has 1 aromatic carbocycles. The van der Waals surface area contributed by atoms with Crippen LogP contribution in [0.1, 0.15) is 37.1 Å². The molecule has 1 aromatic heterocycles. The molecule has 0 aliphatic carbocycles. The number of nitrogens with zero attached hydrogens (tertiary/aromatic N) is 2. The van der Waals surface area contributed by atoms with Crippen LogP contribution in [0.5, 0.6) is 0 Å². The van der Waals surface area contributed by atoms with Crippen LogP contribution in [0.2, 0.25) is 5.02 Å². The summed E-state index contributed by atoms with van der Waals surface area (Å²) in [6.07, 6.45) is 1.79. The maximum atomic E-state index is 6.07. The van der Waals surface area contributed by atoms with Gasteiger partial charge in [0.1, 0.15) is 5.82 Å². The minimum Gasteiger partial charge on any atom is -0.353 e. The summed E-state index contributed by atoms with van der Waals surface area (Å²) in [4.78, 5) is 6.61. The Bertz CT molecular complexity index is 583. The summed E-state index contributed by atoms with van der Waals surface area (Å²) in [5, 5.41) is 0.746. The van der Waals surface area contributed by atoms with E-state index in [1.165, 1.54) is 0 Å². The Labute approximate surface area is 125 Å². The summed E-state index contributed by atoms with van der Waals surface area (Å²) in [7, 11) is 2.03. The van der Waals surface area contributed by atoms with E-state index in [0.717, 1.165) is 22.0 Å². The van der Waals surface area contributed by atoms with Gasteiger partial charge in [0.05, 0.1) is 6.04 Å². The van der Waals surface area contributed by atoms with Gasteiger partial charge in [-0.15, -0.1) is 0 Å². The summed E-state index contributed by atoms with van der Waals surface area (Å²) < 4.78 is 0. The highest BCUT2D eigenvalue weighted by Crippen LogP contribution is 2.29. The van der Waals surface area contributed by atoms with Gasteiger partial charge in [-0.3, -0.25) is 0 Å². The van der Waals surface area contributed by atoms with Gasteiger partial charge in [0.25, 0.3) is 0 Å². The first-order chi connectivity index (χ1) is 9.50. The van der Waals surface area contributed by atoms with Crippen LogP contribution in [0.3, 0.4) is 0 Å². The number of benzene rings is 1. The number of rotatable bonds is 4. The first-order valence-electron chi connectivity index (χ1n) is 6.69.